The predicted molar refractivity (Wildman–Crippen MR) is 117 cm³/mol. The smallest absolute Gasteiger partial charge is 0.375 e. The van der Waals surface area contributed by atoms with E-state index >= 15 is 0 Å². The van der Waals surface area contributed by atoms with Gasteiger partial charge >= 0.3 is 6.18 Å². The van der Waals surface area contributed by atoms with E-state index in [-0.39, 0.29) is 17.5 Å². The minimum Gasteiger partial charge on any atom is -0.375 e. The second kappa shape index (κ2) is 8.27. The first kappa shape index (κ1) is 22.1. The summed E-state index contributed by atoms with van der Waals surface area (Å²) in [7, 11) is 0. The third-order valence-electron chi connectivity index (χ3n) is 6.55. The summed E-state index contributed by atoms with van der Waals surface area (Å²) in [6.45, 7) is -0.627. The number of nitrogens with zero attached hydrogens (tertiary/aromatic N) is 4. The van der Waals surface area contributed by atoms with E-state index in [0.29, 0.717) is 17.9 Å². The van der Waals surface area contributed by atoms with Crippen LogP contribution in [0.15, 0.2) is 42.9 Å². The summed E-state index contributed by atoms with van der Waals surface area (Å²) in [4.78, 5) is 7.39. The summed E-state index contributed by atoms with van der Waals surface area (Å²) in [6.07, 6.45) is 1.45. The number of hydrogen-bond donors (Lipinski definition) is 3. The molecule has 174 valence electrons. The molecule has 1 fully saturated rings. The lowest BCUT2D eigenvalue weighted by atomic mass is 9.83. The van der Waals surface area contributed by atoms with Crippen molar-refractivity contribution in [2.45, 2.75) is 49.4 Å². The van der Waals surface area contributed by atoms with Gasteiger partial charge in [-0.25, -0.2) is 9.50 Å². The molecular formula is C22H22ClF3N6O. The van der Waals surface area contributed by atoms with Crippen molar-refractivity contribution in [1.29, 1.82) is 0 Å². The van der Waals surface area contributed by atoms with Gasteiger partial charge in [-0.05, 0) is 49.4 Å². The Morgan fingerprint density at radius 1 is 1.12 bits per heavy atom. The number of rotatable bonds is 5. The Balaban J connectivity index is 1.28. The van der Waals surface area contributed by atoms with Gasteiger partial charge in [0.2, 0.25) is 0 Å². The molecule has 11 heteroatoms. The van der Waals surface area contributed by atoms with Gasteiger partial charge in [-0.1, -0.05) is 28.9 Å². The van der Waals surface area contributed by atoms with Crippen molar-refractivity contribution < 1.29 is 18.3 Å². The molecule has 3 heterocycles. The molecule has 3 aromatic heterocycles. The van der Waals surface area contributed by atoms with Crippen LogP contribution in [-0.2, 0) is 5.60 Å². The minimum atomic E-state index is -4.83. The molecule has 0 radical (unpaired) electrons. The fourth-order valence-corrected chi connectivity index (χ4v) is 4.77. The van der Waals surface area contributed by atoms with Crippen molar-refractivity contribution in [2.75, 3.05) is 6.54 Å². The molecule has 1 saturated carbocycles. The zero-order valence-electron chi connectivity index (χ0n) is 17.5. The molecule has 1 unspecified atom stereocenters. The van der Waals surface area contributed by atoms with Gasteiger partial charge < -0.3 is 15.4 Å². The molecule has 5 rings (SSSR count). The molecule has 33 heavy (non-hydrogen) atoms. The molecule has 1 aliphatic carbocycles. The number of H-pyrrole nitrogens is 1. The van der Waals surface area contributed by atoms with Crippen LogP contribution in [0.2, 0.25) is 5.02 Å². The van der Waals surface area contributed by atoms with Crippen molar-refractivity contribution in [3.63, 3.8) is 0 Å². The first-order chi connectivity index (χ1) is 15.8. The van der Waals surface area contributed by atoms with E-state index in [1.807, 2.05) is 12.3 Å². The number of aromatic nitrogens is 5. The Morgan fingerprint density at radius 2 is 1.85 bits per heavy atom. The third kappa shape index (κ3) is 3.96. The van der Waals surface area contributed by atoms with Crippen LogP contribution in [0.4, 0.5) is 13.2 Å². The SMILES string of the molecule is OC(CNC1CCC(c2nnn3cnc4[nH]ccc4c23)CC1)(c1ccc(Cl)cc1)C(F)(F)F. The Bertz CT molecular complexity index is 1260. The second-order valence-corrected chi connectivity index (χ2v) is 8.98. The number of aromatic amines is 1. The fraction of sp³-hybridized carbons (Fsp3) is 0.409. The maximum absolute atomic E-state index is 13.8. The minimum absolute atomic E-state index is 0.141. The van der Waals surface area contributed by atoms with E-state index < -0.39 is 18.3 Å². The van der Waals surface area contributed by atoms with Crippen molar-refractivity contribution >= 4 is 28.2 Å². The lowest BCUT2D eigenvalue weighted by Gasteiger charge is -2.35. The predicted octanol–water partition coefficient (Wildman–Crippen LogP) is 4.32. The van der Waals surface area contributed by atoms with Crippen LogP contribution in [0.3, 0.4) is 0 Å². The highest BCUT2D eigenvalue weighted by Crippen LogP contribution is 2.40. The largest absolute Gasteiger partial charge is 0.422 e. The van der Waals surface area contributed by atoms with Gasteiger partial charge in [-0.15, -0.1) is 5.10 Å². The molecule has 1 aromatic carbocycles. The van der Waals surface area contributed by atoms with Gasteiger partial charge in [0.15, 0.2) is 5.60 Å². The van der Waals surface area contributed by atoms with Crippen molar-refractivity contribution in [2.24, 2.45) is 0 Å². The average molecular weight is 479 g/mol. The summed E-state index contributed by atoms with van der Waals surface area (Å²) in [5, 5.41) is 23.3. The Kier molecular flexibility index (Phi) is 5.54. The molecule has 1 aliphatic rings. The molecule has 1 atom stereocenters. The van der Waals surface area contributed by atoms with Crippen LogP contribution in [0, 0.1) is 0 Å². The van der Waals surface area contributed by atoms with Gasteiger partial charge in [0, 0.05) is 35.1 Å². The van der Waals surface area contributed by atoms with E-state index in [1.165, 1.54) is 24.3 Å². The zero-order chi connectivity index (χ0) is 23.2. The lowest BCUT2D eigenvalue weighted by Crippen LogP contribution is -2.52. The zero-order valence-corrected chi connectivity index (χ0v) is 18.2. The third-order valence-corrected chi connectivity index (χ3v) is 6.80. The summed E-state index contributed by atoms with van der Waals surface area (Å²) in [6, 6.07) is 6.91. The topological polar surface area (TPSA) is 91.1 Å². The standard InChI is InChI=1S/C22H22ClF3N6O/c23-15-5-3-14(4-6-15)21(33,22(24,25)26)11-28-16-7-1-13(2-8-16)18-19-17-9-10-27-20(17)29-12-32(19)31-30-18/h3-6,9-10,12-13,16,27-28,33H,1-2,7-8,11H2. The number of benzene rings is 1. The van der Waals surface area contributed by atoms with E-state index in [1.54, 1.807) is 10.8 Å². The molecule has 4 aromatic rings. The van der Waals surface area contributed by atoms with Crippen LogP contribution in [0.1, 0.15) is 42.9 Å². The van der Waals surface area contributed by atoms with Crippen LogP contribution < -0.4 is 5.32 Å². The molecule has 0 spiro atoms. The summed E-state index contributed by atoms with van der Waals surface area (Å²) in [5.74, 6) is 0.152. The van der Waals surface area contributed by atoms with Gasteiger partial charge in [0.05, 0.1) is 5.69 Å². The monoisotopic (exact) mass is 478 g/mol. The Morgan fingerprint density at radius 3 is 2.55 bits per heavy atom. The highest BCUT2D eigenvalue weighted by atomic mass is 35.5. The molecule has 0 bridgehead atoms. The first-order valence-electron chi connectivity index (χ1n) is 10.7. The number of alkyl halides is 3. The lowest BCUT2D eigenvalue weighted by molar-refractivity contribution is -0.264. The van der Waals surface area contributed by atoms with Crippen LogP contribution >= 0.6 is 11.6 Å². The van der Waals surface area contributed by atoms with Crippen LogP contribution in [0.25, 0.3) is 16.6 Å². The number of aliphatic hydroxyl groups is 1. The van der Waals surface area contributed by atoms with E-state index in [4.69, 9.17) is 11.6 Å². The molecule has 0 amide bonds. The van der Waals surface area contributed by atoms with Crippen molar-refractivity contribution in [3.05, 3.63) is 59.1 Å². The van der Waals surface area contributed by atoms with E-state index in [0.717, 1.165) is 35.1 Å². The number of hydrogen-bond acceptors (Lipinski definition) is 5. The van der Waals surface area contributed by atoms with Crippen LogP contribution in [-0.4, -0.2) is 48.7 Å². The highest BCUT2D eigenvalue weighted by Gasteiger charge is 2.55. The van der Waals surface area contributed by atoms with Crippen LogP contribution in [0.5, 0.6) is 0 Å². The fourth-order valence-electron chi connectivity index (χ4n) is 4.65. The first-order valence-corrected chi connectivity index (χ1v) is 11.1. The highest BCUT2D eigenvalue weighted by molar-refractivity contribution is 6.30. The van der Waals surface area contributed by atoms with Gasteiger partial charge in [-0.2, -0.15) is 13.2 Å². The van der Waals surface area contributed by atoms with E-state index in [9.17, 15) is 18.3 Å². The molecule has 3 N–H and O–H groups in total. The molecule has 0 aliphatic heterocycles. The summed E-state index contributed by atoms with van der Waals surface area (Å²) >= 11 is 5.80. The number of fused-ring (bicyclic) bond motifs is 3. The van der Waals surface area contributed by atoms with Crippen molar-refractivity contribution in [3.8, 4) is 0 Å². The van der Waals surface area contributed by atoms with Gasteiger partial charge in [0.1, 0.15) is 17.5 Å². The average Bonchev–Trinajstić information content (AvgIpc) is 3.44. The number of nitrogens with one attached hydrogen (secondary N) is 2. The summed E-state index contributed by atoms with van der Waals surface area (Å²) < 4.78 is 43.0. The Labute approximate surface area is 192 Å². The summed E-state index contributed by atoms with van der Waals surface area (Å²) in [5.41, 5.74) is -0.679. The van der Waals surface area contributed by atoms with Gasteiger partial charge in [0.25, 0.3) is 0 Å². The maximum Gasteiger partial charge on any atom is 0.422 e. The molecule has 0 saturated heterocycles. The quantitative estimate of drug-likeness (QED) is 0.397. The van der Waals surface area contributed by atoms with Gasteiger partial charge in [-0.3, -0.25) is 0 Å². The maximum atomic E-state index is 13.8. The molecular weight excluding hydrogens is 457 g/mol. The second-order valence-electron chi connectivity index (χ2n) is 8.55. The Hall–Kier alpha value is -2.69. The van der Waals surface area contributed by atoms with E-state index in [2.05, 4.69) is 25.6 Å². The van der Waals surface area contributed by atoms with Crippen molar-refractivity contribution in [1.82, 2.24) is 30.1 Å². The normalized spacial score (nSPS) is 21.5. The molecule has 7 nitrogen and oxygen atoms in total. The number of halogens is 4.